The van der Waals surface area contributed by atoms with E-state index in [2.05, 4.69) is 0 Å². The molecule has 0 bridgehead atoms. The summed E-state index contributed by atoms with van der Waals surface area (Å²) in [5.41, 5.74) is 6.30. The van der Waals surface area contributed by atoms with Gasteiger partial charge in [-0.25, -0.2) is 0 Å². The normalized spacial score (nSPS) is 10.7. The van der Waals surface area contributed by atoms with Crippen LogP contribution in [0.2, 0.25) is 0 Å². The monoisotopic (exact) mass is 211 g/mol. The summed E-state index contributed by atoms with van der Waals surface area (Å²) in [6.45, 7) is 2.41. The molecule has 1 heterocycles. The zero-order valence-electron chi connectivity index (χ0n) is 7.71. The molecule has 0 amide bonds. The number of thiophene rings is 1. The van der Waals surface area contributed by atoms with Gasteiger partial charge in [0.15, 0.2) is 10.9 Å². The molecule has 2 rings (SSSR count). The number of ether oxygens (including phenoxy) is 1. The van der Waals surface area contributed by atoms with Crippen molar-refractivity contribution in [1.82, 2.24) is 0 Å². The summed E-state index contributed by atoms with van der Waals surface area (Å²) in [4.78, 5) is 0. The minimum atomic E-state index is -0.216. The number of hydrogen-bond donors (Lipinski definition) is 1. The van der Waals surface area contributed by atoms with Crippen LogP contribution in [0.25, 0.3) is 10.1 Å². The van der Waals surface area contributed by atoms with Gasteiger partial charge in [-0.15, -0.1) is 11.3 Å². The van der Waals surface area contributed by atoms with Gasteiger partial charge >= 0.3 is 0 Å². The zero-order chi connectivity index (χ0) is 10.1. The first-order valence-electron chi connectivity index (χ1n) is 4.32. The smallest absolute Gasteiger partial charge is 0.177 e. The lowest BCUT2D eigenvalue weighted by Crippen LogP contribution is -1.96. The van der Waals surface area contributed by atoms with E-state index in [-0.39, 0.29) is 5.13 Å². The largest absolute Gasteiger partial charge is 0.490 e. The first-order valence-corrected chi connectivity index (χ1v) is 5.14. The van der Waals surface area contributed by atoms with Crippen molar-refractivity contribution in [2.24, 2.45) is 0 Å². The highest BCUT2D eigenvalue weighted by molar-refractivity contribution is 7.18. The van der Waals surface area contributed by atoms with Gasteiger partial charge in [0.25, 0.3) is 0 Å². The number of hydrogen-bond acceptors (Lipinski definition) is 3. The quantitative estimate of drug-likeness (QED) is 0.775. The number of fused-ring (bicyclic) bond motifs is 1. The molecule has 2 N–H and O–H groups in total. The molecule has 2 aromatic rings. The third kappa shape index (κ3) is 1.42. The van der Waals surface area contributed by atoms with Crippen LogP contribution in [0.1, 0.15) is 6.92 Å². The average Bonchev–Trinajstić information content (AvgIpc) is 2.51. The molecule has 0 saturated carbocycles. The molecule has 1 aromatic carbocycles. The van der Waals surface area contributed by atoms with Crippen LogP contribution in [-0.4, -0.2) is 6.61 Å². The molecule has 0 aliphatic heterocycles. The van der Waals surface area contributed by atoms with Crippen molar-refractivity contribution in [3.8, 4) is 5.75 Å². The van der Waals surface area contributed by atoms with Crippen LogP contribution in [0.5, 0.6) is 5.75 Å². The molecule has 0 unspecified atom stereocenters. The molecule has 0 atom stereocenters. The summed E-state index contributed by atoms with van der Waals surface area (Å²) < 4.78 is 19.2. The van der Waals surface area contributed by atoms with Crippen LogP contribution in [0.3, 0.4) is 0 Å². The van der Waals surface area contributed by atoms with Crippen LogP contribution < -0.4 is 10.5 Å². The summed E-state index contributed by atoms with van der Waals surface area (Å²) in [5, 5.41) is 0.622. The van der Waals surface area contributed by atoms with Gasteiger partial charge in [-0.2, -0.15) is 4.39 Å². The molecule has 0 fully saturated rings. The Kier molecular flexibility index (Phi) is 2.29. The summed E-state index contributed by atoms with van der Waals surface area (Å²) in [5.74, 6) is 0.596. The van der Waals surface area contributed by atoms with E-state index in [9.17, 15) is 4.39 Å². The lowest BCUT2D eigenvalue weighted by molar-refractivity contribution is 0.346. The van der Waals surface area contributed by atoms with Crippen LogP contribution in [-0.2, 0) is 0 Å². The van der Waals surface area contributed by atoms with Gasteiger partial charge in [0.05, 0.1) is 17.0 Å². The molecule has 74 valence electrons. The van der Waals surface area contributed by atoms with Gasteiger partial charge in [0, 0.05) is 0 Å². The number of rotatable bonds is 2. The molecule has 0 aliphatic carbocycles. The Morgan fingerprint density at radius 3 is 3.00 bits per heavy atom. The third-order valence-corrected chi connectivity index (χ3v) is 2.87. The van der Waals surface area contributed by atoms with Gasteiger partial charge in [0.2, 0.25) is 0 Å². The fourth-order valence-corrected chi connectivity index (χ4v) is 2.25. The van der Waals surface area contributed by atoms with Crippen LogP contribution in [0.4, 0.5) is 10.1 Å². The van der Waals surface area contributed by atoms with Gasteiger partial charge in [-0.05, 0) is 24.4 Å². The number of nitrogens with two attached hydrogens (primary N) is 1. The highest BCUT2D eigenvalue weighted by atomic mass is 32.1. The van der Waals surface area contributed by atoms with Gasteiger partial charge in [0.1, 0.15) is 0 Å². The van der Waals surface area contributed by atoms with Crippen LogP contribution in [0, 0.1) is 5.13 Å². The first-order chi connectivity index (χ1) is 6.72. The molecule has 1 aromatic heterocycles. The predicted octanol–water partition coefficient (Wildman–Crippen LogP) is 3.02. The van der Waals surface area contributed by atoms with Crippen molar-refractivity contribution in [3.05, 3.63) is 23.3 Å². The van der Waals surface area contributed by atoms with E-state index in [1.165, 1.54) is 6.07 Å². The van der Waals surface area contributed by atoms with E-state index < -0.39 is 0 Å². The Balaban J connectivity index is 2.68. The maximum absolute atomic E-state index is 13.0. The lowest BCUT2D eigenvalue weighted by Gasteiger charge is -2.06. The Bertz CT molecular complexity index is 466. The molecule has 14 heavy (non-hydrogen) atoms. The molecule has 0 aliphatic rings. The van der Waals surface area contributed by atoms with Crippen LogP contribution >= 0.6 is 11.3 Å². The second-order valence-corrected chi connectivity index (χ2v) is 3.89. The SMILES string of the molecule is CCOc1c(N)ccc2cc(F)sc12. The lowest BCUT2D eigenvalue weighted by atomic mass is 10.2. The summed E-state index contributed by atoms with van der Waals surface area (Å²) in [7, 11) is 0. The van der Waals surface area contributed by atoms with Crippen molar-refractivity contribution in [2.45, 2.75) is 6.92 Å². The second-order valence-electron chi connectivity index (χ2n) is 2.89. The minimum absolute atomic E-state index is 0.216. The topological polar surface area (TPSA) is 35.2 Å². The summed E-state index contributed by atoms with van der Waals surface area (Å²) >= 11 is 1.06. The highest BCUT2D eigenvalue weighted by Gasteiger charge is 2.09. The van der Waals surface area contributed by atoms with Crippen LogP contribution in [0.15, 0.2) is 18.2 Å². The van der Waals surface area contributed by atoms with E-state index in [1.807, 2.05) is 6.92 Å². The third-order valence-electron chi connectivity index (χ3n) is 1.93. The number of halogens is 1. The molecule has 0 spiro atoms. The molecular formula is C10H10FNOS. The Hall–Kier alpha value is -1.29. The fraction of sp³-hybridized carbons (Fsp3) is 0.200. The zero-order valence-corrected chi connectivity index (χ0v) is 8.53. The van der Waals surface area contributed by atoms with E-state index in [4.69, 9.17) is 10.5 Å². The van der Waals surface area contributed by atoms with Crippen molar-refractivity contribution in [2.75, 3.05) is 12.3 Å². The Morgan fingerprint density at radius 2 is 2.29 bits per heavy atom. The average molecular weight is 211 g/mol. The van der Waals surface area contributed by atoms with Crippen molar-refractivity contribution in [1.29, 1.82) is 0 Å². The van der Waals surface area contributed by atoms with Gasteiger partial charge in [-0.1, -0.05) is 6.07 Å². The predicted molar refractivity (Wildman–Crippen MR) is 57.4 cm³/mol. The molecule has 0 saturated heterocycles. The number of nitrogen functional groups attached to an aromatic ring is 1. The van der Waals surface area contributed by atoms with Crippen molar-refractivity contribution in [3.63, 3.8) is 0 Å². The maximum Gasteiger partial charge on any atom is 0.177 e. The maximum atomic E-state index is 13.0. The second kappa shape index (κ2) is 3.46. The summed E-state index contributed by atoms with van der Waals surface area (Å²) in [6, 6.07) is 5.02. The Morgan fingerprint density at radius 1 is 1.50 bits per heavy atom. The first kappa shape index (κ1) is 9.27. The van der Waals surface area contributed by atoms with E-state index in [0.717, 1.165) is 21.4 Å². The molecule has 0 radical (unpaired) electrons. The van der Waals surface area contributed by atoms with Gasteiger partial charge < -0.3 is 10.5 Å². The number of benzene rings is 1. The Labute approximate surface area is 85.1 Å². The molecule has 2 nitrogen and oxygen atoms in total. The van der Waals surface area contributed by atoms with Gasteiger partial charge in [-0.3, -0.25) is 0 Å². The molecule has 4 heteroatoms. The van der Waals surface area contributed by atoms with E-state index in [1.54, 1.807) is 12.1 Å². The van der Waals surface area contributed by atoms with E-state index in [0.29, 0.717) is 18.0 Å². The standard InChI is InChI=1S/C10H10FNOS/c1-2-13-9-7(12)4-3-6-5-8(11)14-10(6)9/h3-5H,2,12H2,1H3. The molecular weight excluding hydrogens is 201 g/mol. The highest BCUT2D eigenvalue weighted by Crippen LogP contribution is 2.37. The fourth-order valence-electron chi connectivity index (χ4n) is 1.35. The number of anilines is 1. The summed E-state index contributed by atoms with van der Waals surface area (Å²) in [6.07, 6.45) is 0. The minimum Gasteiger partial charge on any atom is -0.490 e. The van der Waals surface area contributed by atoms with Crippen molar-refractivity contribution >= 4 is 27.1 Å². The van der Waals surface area contributed by atoms with E-state index >= 15 is 0 Å². The van der Waals surface area contributed by atoms with Crippen molar-refractivity contribution < 1.29 is 9.13 Å².